The predicted molar refractivity (Wildman–Crippen MR) is 89.7 cm³/mol. The van der Waals surface area contributed by atoms with Crippen molar-refractivity contribution in [2.24, 2.45) is 0 Å². The number of aromatic nitrogens is 2. The topological polar surface area (TPSA) is 65.2 Å². The van der Waals surface area contributed by atoms with Crippen LogP contribution in [0.15, 0.2) is 27.8 Å². The van der Waals surface area contributed by atoms with Crippen LogP contribution in [0.25, 0.3) is 0 Å². The van der Waals surface area contributed by atoms with Crippen molar-refractivity contribution in [2.45, 2.75) is 43.1 Å². The molecule has 1 atom stereocenters. The summed E-state index contributed by atoms with van der Waals surface area (Å²) in [5.74, 6) is -0.515. The molecule has 0 saturated heterocycles. The quantitative estimate of drug-likeness (QED) is 0.509. The third-order valence-corrected chi connectivity index (χ3v) is 4.80. The number of carbonyl (C=O) groups is 1. The summed E-state index contributed by atoms with van der Waals surface area (Å²) < 4.78 is 24.1. The first-order chi connectivity index (χ1) is 11.5. The second-order valence-corrected chi connectivity index (χ2v) is 6.67. The summed E-state index contributed by atoms with van der Waals surface area (Å²) in [5, 5.41) is 7.96. The van der Waals surface area contributed by atoms with Gasteiger partial charge in [-0.2, -0.15) is 0 Å². The number of halogens is 2. The molecule has 1 aromatic heterocycles. The van der Waals surface area contributed by atoms with Crippen LogP contribution in [-0.4, -0.2) is 28.5 Å². The molecule has 1 aromatic carbocycles. The highest BCUT2D eigenvalue weighted by Gasteiger charge is 2.23. The lowest BCUT2D eigenvalue weighted by molar-refractivity contribution is -0.140. The van der Waals surface area contributed by atoms with E-state index >= 15 is 0 Å². The van der Waals surface area contributed by atoms with Crippen molar-refractivity contribution in [3.8, 4) is 0 Å². The normalized spacial score (nSPS) is 12.2. The van der Waals surface area contributed by atoms with Crippen LogP contribution >= 0.6 is 23.4 Å². The van der Waals surface area contributed by atoms with Crippen LogP contribution < -0.4 is 0 Å². The maximum absolute atomic E-state index is 13.8. The van der Waals surface area contributed by atoms with Gasteiger partial charge in [0.15, 0.2) is 0 Å². The summed E-state index contributed by atoms with van der Waals surface area (Å²) in [4.78, 5) is 11.8. The van der Waals surface area contributed by atoms with Gasteiger partial charge in [-0.25, -0.2) is 4.39 Å². The molecular weight excluding hydrogens is 355 g/mol. The first-order valence-electron chi connectivity index (χ1n) is 7.54. The van der Waals surface area contributed by atoms with Crippen LogP contribution in [0.3, 0.4) is 0 Å². The van der Waals surface area contributed by atoms with E-state index in [9.17, 15) is 9.18 Å². The van der Waals surface area contributed by atoms with E-state index in [4.69, 9.17) is 20.8 Å². The standard InChI is InChI=1S/C16H18ClFN2O3S/c1-3-4-8-13(15(21)22-2)24-16-20-19-14(23-16)9-10-11(17)6-5-7-12(10)18/h5-7,13H,3-4,8-9H2,1-2H3. The molecule has 1 heterocycles. The number of hydrogen-bond acceptors (Lipinski definition) is 6. The Hall–Kier alpha value is -1.60. The number of thioether (sulfide) groups is 1. The molecule has 1 unspecified atom stereocenters. The van der Waals surface area contributed by atoms with E-state index < -0.39 is 11.1 Å². The van der Waals surface area contributed by atoms with Crippen LogP contribution in [0.5, 0.6) is 0 Å². The Morgan fingerprint density at radius 1 is 1.46 bits per heavy atom. The van der Waals surface area contributed by atoms with Crippen molar-refractivity contribution in [1.29, 1.82) is 0 Å². The van der Waals surface area contributed by atoms with Gasteiger partial charge in [0.1, 0.15) is 11.1 Å². The van der Waals surface area contributed by atoms with Gasteiger partial charge in [0.2, 0.25) is 5.89 Å². The fourth-order valence-corrected chi connectivity index (χ4v) is 3.26. The van der Waals surface area contributed by atoms with Gasteiger partial charge in [-0.3, -0.25) is 4.79 Å². The summed E-state index contributed by atoms with van der Waals surface area (Å²) in [6.07, 6.45) is 2.61. The van der Waals surface area contributed by atoms with Gasteiger partial charge in [0, 0.05) is 10.6 Å². The number of ether oxygens (including phenoxy) is 1. The molecular formula is C16H18ClFN2O3S. The molecule has 0 spiro atoms. The highest BCUT2D eigenvalue weighted by molar-refractivity contribution is 8.00. The number of esters is 1. The molecule has 0 amide bonds. The van der Waals surface area contributed by atoms with Crippen LogP contribution in [0.1, 0.15) is 37.6 Å². The zero-order chi connectivity index (χ0) is 17.5. The Labute approximate surface area is 148 Å². The van der Waals surface area contributed by atoms with Crippen LogP contribution in [0.2, 0.25) is 5.02 Å². The molecule has 5 nitrogen and oxygen atoms in total. The molecule has 0 bridgehead atoms. The number of carbonyl (C=O) groups excluding carboxylic acids is 1. The summed E-state index contributed by atoms with van der Waals surface area (Å²) in [5.41, 5.74) is 0.301. The highest BCUT2D eigenvalue weighted by atomic mass is 35.5. The van der Waals surface area contributed by atoms with E-state index in [1.54, 1.807) is 6.07 Å². The summed E-state index contributed by atoms with van der Waals surface area (Å²) in [7, 11) is 1.35. The maximum atomic E-state index is 13.8. The van der Waals surface area contributed by atoms with Gasteiger partial charge in [-0.05, 0) is 18.6 Å². The van der Waals surface area contributed by atoms with Crippen molar-refractivity contribution in [2.75, 3.05) is 7.11 Å². The van der Waals surface area contributed by atoms with Crippen molar-refractivity contribution in [3.05, 3.63) is 40.5 Å². The number of hydrogen-bond donors (Lipinski definition) is 0. The van der Waals surface area contributed by atoms with Crippen LogP contribution in [0, 0.1) is 5.82 Å². The molecule has 0 radical (unpaired) electrons. The average Bonchev–Trinajstić information content (AvgIpc) is 3.01. The Kier molecular flexibility index (Phi) is 7.05. The highest BCUT2D eigenvalue weighted by Crippen LogP contribution is 2.28. The van der Waals surface area contributed by atoms with Gasteiger partial charge in [0.25, 0.3) is 5.22 Å². The predicted octanol–water partition coefficient (Wildman–Crippen LogP) is 4.28. The van der Waals surface area contributed by atoms with Gasteiger partial charge >= 0.3 is 5.97 Å². The second-order valence-electron chi connectivity index (χ2n) is 5.11. The minimum absolute atomic E-state index is 0.0942. The smallest absolute Gasteiger partial charge is 0.319 e. The molecule has 0 aliphatic carbocycles. The van der Waals surface area contributed by atoms with Crippen molar-refractivity contribution >= 4 is 29.3 Å². The largest absolute Gasteiger partial charge is 0.468 e. The maximum Gasteiger partial charge on any atom is 0.319 e. The minimum atomic E-state index is -0.426. The molecule has 8 heteroatoms. The Balaban J connectivity index is 2.07. The van der Waals surface area contributed by atoms with E-state index in [0.717, 1.165) is 24.6 Å². The lowest BCUT2D eigenvalue weighted by Gasteiger charge is -2.10. The Morgan fingerprint density at radius 2 is 2.25 bits per heavy atom. The number of unbranched alkanes of at least 4 members (excludes halogenated alkanes) is 1. The fraction of sp³-hybridized carbons (Fsp3) is 0.438. The van der Waals surface area contributed by atoms with Gasteiger partial charge in [-0.15, -0.1) is 10.2 Å². The SMILES string of the molecule is CCCCC(Sc1nnc(Cc2c(F)cccc2Cl)o1)C(=O)OC. The molecule has 0 aliphatic rings. The molecule has 0 fully saturated rings. The molecule has 24 heavy (non-hydrogen) atoms. The molecule has 0 N–H and O–H groups in total. The average molecular weight is 373 g/mol. The van der Waals surface area contributed by atoms with E-state index in [1.165, 1.54) is 19.2 Å². The van der Waals surface area contributed by atoms with E-state index in [0.29, 0.717) is 17.0 Å². The number of methoxy groups -OCH3 is 1. The number of nitrogens with zero attached hydrogens (tertiary/aromatic N) is 2. The van der Waals surface area contributed by atoms with E-state index in [1.807, 2.05) is 6.92 Å². The second kappa shape index (κ2) is 9.03. The minimum Gasteiger partial charge on any atom is -0.468 e. The van der Waals surface area contributed by atoms with Gasteiger partial charge in [-0.1, -0.05) is 49.2 Å². The van der Waals surface area contributed by atoms with E-state index in [-0.39, 0.29) is 23.5 Å². The van der Waals surface area contributed by atoms with Crippen molar-refractivity contribution < 1.29 is 18.3 Å². The van der Waals surface area contributed by atoms with Gasteiger partial charge in [0.05, 0.1) is 13.5 Å². The van der Waals surface area contributed by atoms with Crippen LogP contribution in [0.4, 0.5) is 4.39 Å². The zero-order valence-electron chi connectivity index (χ0n) is 13.4. The monoisotopic (exact) mass is 372 g/mol. The third kappa shape index (κ3) is 4.95. The van der Waals surface area contributed by atoms with Crippen molar-refractivity contribution in [1.82, 2.24) is 10.2 Å². The molecule has 2 aromatic rings. The molecule has 2 rings (SSSR count). The molecule has 130 valence electrons. The first kappa shape index (κ1) is 18.7. The zero-order valence-corrected chi connectivity index (χ0v) is 15.0. The number of benzene rings is 1. The first-order valence-corrected chi connectivity index (χ1v) is 8.80. The van der Waals surface area contributed by atoms with Gasteiger partial charge < -0.3 is 9.15 Å². The Morgan fingerprint density at radius 3 is 2.92 bits per heavy atom. The summed E-state index contributed by atoms with van der Waals surface area (Å²) in [6.45, 7) is 2.04. The van der Waals surface area contributed by atoms with Crippen molar-refractivity contribution in [3.63, 3.8) is 0 Å². The molecule has 0 aliphatic heterocycles. The van der Waals surface area contributed by atoms with E-state index in [2.05, 4.69) is 10.2 Å². The molecule has 0 saturated carbocycles. The Bertz CT molecular complexity index is 675. The summed E-state index contributed by atoms with van der Waals surface area (Å²) >= 11 is 7.15. The van der Waals surface area contributed by atoms with Crippen LogP contribution in [-0.2, 0) is 16.0 Å². The fourth-order valence-electron chi connectivity index (χ4n) is 2.08. The third-order valence-electron chi connectivity index (χ3n) is 3.37. The number of rotatable bonds is 8. The lowest BCUT2D eigenvalue weighted by atomic mass is 10.1. The summed E-state index contributed by atoms with van der Waals surface area (Å²) in [6, 6.07) is 4.46. The lowest BCUT2D eigenvalue weighted by Crippen LogP contribution is -2.18.